The van der Waals surface area contributed by atoms with E-state index >= 15 is 0 Å². The van der Waals surface area contributed by atoms with Crippen molar-refractivity contribution in [2.75, 3.05) is 6.54 Å². The fraction of sp³-hybridized carbons (Fsp3) is 0.833. The Morgan fingerprint density at radius 3 is 2.25 bits per heavy atom. The molecule has 0 saturated heterocycles. The SMILES string of the molecule is CC(C)C(CNC(=O)C(C)C1CC1)C(=O)O. The summed E-state index contributed by atoms with van der Waals surface area (Å²) in [5, 5.41) is 11.7. The highest BCUT2D eigenvalue weighted by atomic mass is 16.4. The summed E-state index contributed by atoms with van der Waals surface area (Å²) >= 11 is 0. The van der Waals surface area contributed by atoms with E-state index in [1.165, 1.54) is 0 Å². The molecule has 92 valence electrons. The van der Waals surface area contributed by atoms with Crippen LogP contribution in [0, 0.1) is 23.7 Å². The topological polar surface area (TPSA) is 66.4 Å². The Balaban J connectivity index is 2.36. The number of carbonyl (C=O) groups is 2. The maximum Gasteiger partial charge on any atom is 0.308 e. The molecule has 4 nitrogen and oxygen atoms in total. The van der Waals surface area contributed by atoms with Gasteiger partial charge in [-0.15, -0.1) is 0 Å². The van der Waals surface area contributed by atoms with Crippen molar-refractivity contribution in [1.82, 2.24) is 5.32 Å². The van der Waals surface area contributed by atoms with Gasteiger partial charge < -0.3 is 10.4 Å². The predicted molar refractivity (Wildman–Crippen MR) is 60.9 cm³/mol. The number of carbonyl (C=O) groups excluding carboxylic acids is 1. The van der Waals surface area contributed by atoms with Gasteiger partial charge >= 0.3 is 5.97 Å². The maximum atomic E-state index is 11.7. The van der Waals surface area contributed by atoms with Crippen molar-refractivity contribution < 1.29 is 14.7 Å². The van der Waals surface area contributed by atoms with Gasteiger partial charge in [-0.25, -0.2) is 0 Å². The third-order valence-corrected chi connectivity index (χ3v) is 3.36. The van der Waals surface area contributed by atoms with Crippen LogP contribution in [0.4, 0.5) is 0 Å². The minimum absolute atomic E-state index is 0.00519. The van der Waals surface area contributed by atoms with Gasteiger partial charge in [0.2, 0.25) is 5.91 Å². The van der Waals surface area contributed by atoms with Gasteiger partial charge in [0.25, 0.3) is 0 Å². The summed E-state index contributed by atoms with van der Waals surface area (Å²) in [4.78, 5) is 22.6. The van der Waals surface area contributed by atoms with Crippen LogP contribution in [0.2, 0.25) is 0 Å². The Morgan fingerprint density at radius 2 is 1.88 bits per heavy atom. The Morgan fingerprint density at radius 1 is 1.31 bits per heavy atom. The van der Waals surface area contributed by atoms with Crippen LogP contribution in [0.3, 0.4) is 0 Å². The summed E-state index contributed by atoms with van der Waals surface area (Å²) in [5.74, 6) is -0.753. The molecule has 0 aromatic heterocycles. The summed E-state index contributed by atoms with van der Waals surface area (Å²) in [6.07, 6.45) is 2.25. The Bertz CT molecular complexity index is 271. The molecule has 0 heterocycles. The summed E-state index contributed by atoms with van der Waals surface area (Å²) in [5.41, 5.74) is 0. The van der Waals surface area contributed by atoms with E-state index in [2.05, 4.69) is 5.32 Å². The number of hydrogen-bond acceptors (Lipinski definition) is 2. The van der Waals surface area contributed by atoms with Crippen LogP contribution in [-0.2, 0) is 9.59 Å². The lowest BCUT2D eigenvalue weighted by Crippen LogP contribution is -2.38. The average molecular weight is 227 g/mol. The Hall–Kier alpha value is -1.06. The second-order valence-corrected chi connectivity index (χ2v) is 5.06. The summed E-state index contributed by atoms with van der Waals surface area (Å²) in [7, 11) is 0. The van der Waals surface area contributed by atoms with E-state index in [0.717, 1.165) is 12.8 Å². The van der Waals surface area contributed by atoms with E-state index < -0.39 is 11.9 Å². The number of hydrogen-bond donors (Lipinski definition) is 2. The first-order chi connectivity index (χ1) is 7.43. The van der Waals surface area contributed by atoms with E-state index in [1.54, 1.807) is 0 Å². The van der Waals surface area contributed by atoms with Crippen molar-refractivity contribution in [2.45, 2.75) is 33.6 Å². The molecule has 4 heteroatoms. The fourth-order valence-corrected chi connectivity index (χ4v) is 1.79. The molecule has 2 N–H and O–H groups in total. The largest absolute Gasteiger partial charge is 0.481 e. The van der Waals surface area contributed by atoms with Crippen LogP contribution in [0.25, 0.3) is 0 Å². The maximum absolute atomic E-state index is 11.7. The lowest BCUT2D eigenvalue weighted by Gasteiger charge is -2.18. The number of aliphatic carboxylic acids is 1. The van der Waals surface area contributed by atoms with Crippen LogP contribution >= 0.6 is 0 Å². The molecule has 1 fully saturated rings. The second kappa shape index (κ2) is 5.32. The molecule has 0 aliphatic heterocycles. The number of carboxylic acids is 1. The van der Waals surface area contributed by atoms with Crippen LogP contribution in [0.5, 0.6) is 0 Å². The van der Waals surface area contributed by atoms with Crippen molar-refractivity contribution >= 4 is 11.9 Å². The normalized spacial score (nSPS) is 19.2. The van der Waals surface area contributed by atoms with E-state index in [1.807, 2.05) is 20.8 Å². The van der Waals surface area contributed by atoms with Crippen molar-refractivity contribution in [2.24, 2.45) is 23.7 Å². The van der Waals surface area contributed by atoms with Crippen LogP contribution in [0.1, 0.15) is 33.6 Å². The van der Waals surface area contributed by atoms with Crippen LogP contribution in [-0.4, -0.2) is 23.5 Å². The quantitative estimate of drug-likeness (QED) is 0.722. The zero-order valence-electron chi connectivity index (χ0n) is 10.2. The molecule has 2 unspecified atom stereocenters. The van der Waals surface area contributed by atoms with Gasteiger partial charge in [-0.2, -0.15) is 0 Å². The van der Waals surface area contributed by atoms with Crippen molar-refractivity contribution in [3.63, 3.8) is 0 Å². The van der Waals surface area contributed by atoms with E-state index in [9.17, 15) is 9.59 Å². The number of rotatable bonds is 6. The van der Waals surface area contributed by atoms with Crippen molar-refractivity contribution in [3.05, 3.63) is 0 Å². The van der Waals surface area contributed by atoms with Gasteiger partial charge in [-0.05, 0) is 24.7 Å². The van der Waals surface area contributed by atoms with Crippen LogP contribution < -0.4 is 5.32 Å². The molecule has 0 radical (unpaired) electrons. The van der Waals surface area contributed by atoms with Crippen molar-refractivity contribution in [3.8, 4) is 0 Å². The summed E-state index contributed by atoms with van der Waals surface area (Å²) in [6, 6.07) is 0. The number of nitrogens with one attached hydrogen (secondary N) is 1. The number of carboxylic acid groups (broad SMARTS) is 1. The number of amides is 1. The van der Waals surface area contributed by atoms with Gasteiger partial charge in [-0.3, -0.25) is 9.59 Å². The monoisotopic (exact) mass is 227 g/mol. The first-order valence-electron chi connectivity index (χ1n) is 5.94. The summed E-state index contributed by atoms with van der Waals surface area (Å²) < 4.78 is 0. The standard InChI is InChI=1S/C12H21NO3/c1-7(2)10(12(15)16)6-13-11(14)8(3)9-4-5-9/h7-10H,4-6H2,1-3H3,(H,13,14)(H,15,16). The van der Waals surface area contributed by atoms with E-state index in [4.69, 9.17) is 5.11 Å². The minimum Gasteiger partial charge on any atom is -0.481 e. The highest BCUT2D eigenvalue weighted by Gasteiger charge is 2.33. The molecule has 0 bridgehead atoms. The molecule has 1 saturated carbocycles. The van der Waals surface area contributed by atoms with E-state index in [-0.39, 0.29) is 24.3 Å². The van der Waals surface area contributed by atoms with Gasteiger partial charge in [0.15, 0.2) is 0 Å². The van der Waals surface area contributed by atoms with E-state index in [0.29, 0.717) is 5.92 Å². The zero-order valence-corrected chi connectivity index (χ0v) is 10.2. The molecule has 0 aromatic carbocycles. The van der Waals surface area contributed by atoms with Gasteiger partial charge in [0, 0.05) is 12.5 Å². The Kier molecular flexibility index (Phi) is 4.33. The zero-order chi connectivity index (χ0) is 12.3. The summed E-state index contributed by atoms with van der Waals surface area (Å²) in [6.45, 7) is 5.87. The molecule has 1 amide bonds. The molecule has 0 aromatic rings. The van der Waals surface area contributed by atoms with Gasteiger partial charge in [0.1, 0.15) is 0 Å². The molecular weight excluding hydrogens is 206 g/mol. The lowest BCUT2D eigenvalue weighted by atomic mass is 9.95. The average Bonchev–Trinajstić information content (AvgIpc) is 2.98. The van der Waals surface area contributed by atoms with Crippen LogP contribution in [0.15, 0.2) is 0 Å². The third kappa shape index (κ3) is 3.51. The van der Waals surface area contributed by atoms with Gasteiger partial charge in [0.05, 0.1) is 5.92 Å². The first-order valence-corrected chi connectivity index (χ1v) is 5.94. The molecule has 1 rings (SSSR count). The first kappa shape index (κ1) is 13.0. The van der Waals surface area contributed by atoms with Crippen molar-refractivity contribution in [1.29, 1.82) is 0 Å². The molecule has 1 aliphatic carbocycles. The van der Waals surface area contributed by atoms with Gasteiger partial charge in [-0.1, -0.05) is 20.8 Å². The smallest absolute Gasteiger partial charge is 0.308 e. The molecule has 0 spiro atoms. The molecular formula is C12H21NO3. The lowest BCUT2D eigenvalue weighted by molar-refractivity contribution is -0.143. The molecule has 1 aliphatic rings. The fourth-order valence-electron chi connectivity index (χ4n) is 1.79. The highest BCUT2D eigenvalue weighted by molar-refractivity contribution is 5.79. The predicted octanol–water partition coefficient (Wildman–Crippen LogP) is 1.51. The second-order valence-electron chi connectivity index (χ2n) is 5.06. The molecule has 2 atom stereocenters. The minimum atomic E-state index is -0.839. The highest BCUT2D eigenvalue weighted by Crippen LogP contribution is 2.36. The molecule has 16 heavy (non-hydrogen) atoms. The Labute approximate surface area is 96.4 Å². The third-order valence-electron chi connectivity index (χ3n) is 3.36.